The van der Waals surface area contributed by atoms with Crippen LogP contribution < -0.4 is 11.1 Å². The van der Waals surface area contributed by atoms with Gasteiger partial charge in [-0.25, -0.2) is 9.67 Å². The van der Waals surface area contributed by atoms with Gasteiger partial charge in [-0.3, -0.25) is 9.36 Å². The number of hydrogen-bond acceptors (Lipinski definition) is 10. The number of nitrogens with two attached hydrogens (primary N) is 1. The maximum Gasteiger partial charge on any atom is 0.254 e. The first kappa shape index (κ1) is 22.7. The van der Waals surface area contributed by atoms with Crippen molar-refractivity contribution in [3.63, 3.8) is 0 Å². The van der Waals surface area contributed by atoms with Crippen LogP contribution in [0.3, 0.4) is 0 Å². The quantitative estimate of drug-likeness (QED) is 0.295. The maximum absolute atomic E-state index is 11.4. The van der Waals surface area contributed by atoms with E-state index < -0.39 is 37.1 Å². The van der Waals surface area contributed by atoms with Crippen molar-refractivity contribution in [1.82, 2.24) is 29.3 Å². The summed E-state index contributed by atoms with van der Waals surface area (Å²) in [5.41, 5.74) is 7.37. The van der Waals surface area contributed by atoms with Gasteiger partial charge >= 0.3 is 0 Å². The summed E-state index contributed by atoms with van der Waals surface area (Å²) >= 11 is 0. The number of carbonyl (C=O) groups is 1. The number of ether oxygens (including phenoxy) is 1. The molecule has 13 nitrogen and oxygen atoms in total. The summed E-state index contributed by atoms with van der Waals surface area (Å²) in [5.74, 6) is 0.269. The SMILES string of the molecule is Cc1cc(CC(N)=O)nn1-c1nc(NC2CCCC2)c2ncn([C@@H]3O[C@H](CO)[C@@H](O)[C@@H]3O)c2n1. The molecule has 1 aliphatic carbocycles. The fraction of sp³-hybridized carbons (Fsp3) is 0.571. The molecule has 1 saturated carbocycles. The van der Waals surface area contributed by atoms with Crippen molar-refractivity contribution in [3.05, 3.63) is 23.8 Å². The van der Waals surface area contributed by atoms with Gasteiger partial charge in [-0.15, -0.1) is 0 Å². The molecule has 0 spiro atoms. The largest absolute Gasteiger partial charge is 0.394 e. The number of rotatable bonds is 7. The Hall–Kier alpha value is -3.13. The number of nitrogens with zero attached hydrogens (tertiary/aromatic N) is 6. The number of aromatic nitrogens is 6. The van der Waals surface area contributed by atoms with E-state index in [1.165, 1.54) is 15.6 Å². The third-order valence-corrected chi connectivity index (χ3v) is 6.38. The fourth-order valence-corrected chi connectivity index (χ4v) is 4.67. The first-order valence-corrected chi connectivity index (χ1v) is 11.3. The molecule has 4 heterocycles. The Morgan fingerprint density at radius 2 is 2.03 bits per heavy atom. The number of carbonyl (C=O) groups excluding carboxylic acids is 1. The van der Waals surface area contributed by atoms with Gasteiger partial charge in [0.15, 0.2) is 23.2 Å². The molecular weight excluding hydrogens is 444 g/mol. The second-order valence-corrected chi connectivity index (χ2v) is 8.88. The highest BCUT2D eigenvalue weighted by atomic mass is 16.6. The molecule has 34 heavy (non-hydrogen) atoms. The summed E-state index contributed by atoms with van der Waals surface area (Å²) in [6.45, 7) is 1.38. The molecule has 13 heteroatoms. The van der Waals surface area contributed by atoms with Gasteiger partial charge in [0.05, 0.1) is 25.0 Å². The van der Waals surface area contributed by atoms with E-state index in [1.54, 1.807) is 6.07 Å². The highest BCUT2D eigenvalue weighted by Gasteiger charge is 2.44. The Balaban J connectivity index is 1.61. The minimum Gasteiger partial charge on any atom is -0.394 e. The molecule has 0 aromatic carbocycles. The van der Waals surface area contributed by atoms with Crippen LogP contribution in [0.2, 0.25) is 0 Å². The summed E-state index contributed by atoms with van der Waals surface area (Å²) in [7, 11) is 0. The fourth-order valence-electron chi connectivity index (χ4n) is 4.67. The van der Waals surface area contributed by atoms with E-state index in [-0.39, 0.29) is 18.4 Å². The highest BCUT2D eigenvalue weighted by Crippen LogP contribution is 2.33. The van der Waals surface area contributed by atoms with Gasteiger partial charge in [-0.1, -0.05) is 12.8 Å². The molecular formula is C21H28N8O5. The minimum absolute atomic E-state index is 0.0102. The molecule has 2 fully saturated rings. The van der Waals surface area contributed by atoms with Gasteiger partial charge in [-0.05, 0) is 25.8 Å². The Morgan fingerprint density at radius 3 is 2.71 bits per heavy atom. The number of imidazole rings is 1. The van der Waals surface area contributed by atoms with E-state index in [1.807, 2.05) is 6.92 Å². The topological polar surface area (TPSA) is 186 Å². The summed E-state index contributed by atoms with van der Waals surface area (Å²) < 4.78 is 8.74. The number of amides is 1. The van der Waals surface area contributed by atoms with Crippen LogP contribution in [0.5, 0.6) is 0 Å². The zero-order chi connectivity index (χ0) is 24.0. The van der Waals surface area contributed by atoms with Gasteiger partial charge in [0.2, 0.25) is 5.91 Å². The van der Waals surface area contributed by atoms with Gasteiger partial charge < -0.3 is 31.1 Å². The third kappa shape index (κ3) is 4.00. The first-order chi connectivity index (χ1) is 16.4. The van der Waals surface area contributed by atoms with E-state index in [9.17, 15) is 20.1 Å². The summed E-state index contributed by atoms with van der Waals surface area (Å²) in [4.78, 5) is 25.2. The molecule has 4 atom stereocenters. The Kier molecular flexibility index (Phi) is 5.93. The van der Waals surface area contributed by atoms with E-state index in [0.717, 1.165) is 25.7 Å². The average Bonchev–Trinajstić information content (AvgIpc) is 3.57. The molecule has 2 aliphatic rings. The van der Waals surface area contributed by atoms with Crippen molar-refractivity contribution >= 4 is 22.9 Å². The molecule has 1 amide bonds. The van der Waals surface area contributed by atoms with Gasteiger partial charge in [-0.2, -0.15) is 15.1 Å². The zero-order valence-electron chi connectivity index (χ0n) is 18.7. The van der Waals surface area contributed by atoms with Crippen LogP contribution in [0.4, 0.5) is 5.82 Å². The first-order valence-electron chi connectivity index (χ1n) is 11.3. The molecule has 3 aromatic heterocycles. The van der Waals surface area contributed by atoms with Crippen LogP contribution in [-0.2, 0) is 16.0 Å². The number of aliphatic hydroxyl groups is 3. The highest BCUT2D eigenvalue weighted by molar-refractivity contribution is 5.84. The molecule has 6 N–H and O–H groups in total. The lowest BCUT2D eigenvalue weighted by Gasteiger charge is -2.18. The van der Waals surface area contributed by atoms with Crippen molar-refractivity contribution in [2.75, 3.05) is 11.9 Å². The summed E-state index contributed by atoms with van der Waals surface area (Å²) in [6.07, 6.45) is 1.28. The zero-order valence-corrected chi connectivity index (χ0v) is 18.7. The van der Waals surface area contributed by atoms with Crippen molar-refractivity contribution in [2.24, 2.45) is 5.73 Å². The third-order valence-electron chi connectivity index (χ3n) is 6.38. The van der Waals surface area contributed by atoms with Crippen molar-refractivity contribution in [1.29, 1.82) is 0 Å². The maximum atomic E-state index is 11.4. The second kappa shape index (κ2) is 8.91. The standard InChI is InChI=1S/C21H28N8O5/c1-10-6-12(7-14(22)31)27-29(10)21-25-18(24-11-4-2-3-5-11)15-19(26-21)28(9-23-15)20-17(33)16(32)13(8-30)34-20/h6,9,11,13,16-17,20,30,32-33H,2-5,7-8H2,1H3,(H2,22,31)(H,24,25,26)/t13-,16-,17+,20-/m1/s1. The Bertz CT molecular complexity index is 1200. The molecule has 3 aromatic rings. The number of anilines is 1. The van der Waals surface area contributed by atoms with E-state index in [4.69, 9.17) is 10.5 Å². The monoisotopic (exact) mass is 472 g/mol. The predicted octanol–water partition coefficient (Wildman–Crippen LogP) is -0.686. The van der Waals surface area contributed by atoms with Crippen molar-refractivity contribution in [2.45, 2.75) is 69.6 Å². The second-order valence-electron chi connectivity index (χ2n) is 8.88. The number of nitrogens with one attached hydrogen (secondary N) is 1. The number of primary amides is 1. The molecule has 5 rings (SSSR count). The van der Waals surface area contributed by atoms with Gasteiger partial charge in [0.25, 0.3) is 5.95 Å². The van der Waals surface area contributed by atoms with Crippen LogP contribution in [-0.4, -0.2) is 81.5 Å². The van der Waals surface area contributed by atoms with E-state index in [2.05, 4.69) is 25.4 Å². The smallest absolute Gasteiger partial charge is 0.254 e. The normalized spacial score (nSPS) is 25.4. The molecule has 0 radical (unpaired) electrons. The predicted molar refractivity (Wildman–Crippen MR) is 119 cm³/mol. The molecule has 1 saturated heterocycles. The lowest BCUT2D eigenvalue weighted by Crippen LogP contribution is -2.33. The van der Waals surface area contributed by atoms with Crippen LogP contribution in [0.15, 0.2) is 12.4 Å². The van der Waals surface area contributed by atoms with E-state index >= 15 is 0 Å². The van der Waals surface area contributed by atoms with Gasteiger partial charge in [0, 0.05) is 11.7 Å². The van der Waals surface area contributed by atoms with Crippen molar-refractivity contribution < 1.29 is 24.9 Å². The number of fused-ring (bicyclic) bond motifs is 1. The number of aliphatic hydroxyl groups excluding tert-OH is 3. The Morgan fingerprint density at radius 1 is 1.26 bits per heavy atom. The number of hydrogen-bond donors (Lipinski definition) is 5. The number of aryl methyl sites for hydroxylation is 1. The lowest BCUT2D eigenvalue weighted by atomic mass is 10.1. The summed E-state index contributed by atoms with van der Waals surface area (Å²) in [6, 6.07) is 1.99. The molecule has 1 aliphatic heterocycles. The van der Waals surface area contributed by atoms with Crippen LogP contribution in [0.25, 0.3) is 17.1 Å². The van der Waals surface area contributed by atoms with Crippen LogP contribution in [0.1, 0.15) is 43.3 Å². The minimum atomic E-state index is -1.28. The molecule has 0 bridgehead atoms. The van der Waals surface area contributed by atoms with Crippen LogP contribution in [0, 0.1) is 6.92 Å². The molecule has 0 unspecified atom stereocenters. The van der Waals surface area contributed by atoms with Crippen molar-refractivity contribution in [3.8, 4) is 5.95 Å². The Labute approximate surface area is 194 Å². The van der Waals surface area contributed by atoms with Crippen LogP contribution >= 0.6 is 0 Å². The van der Waals surface area contributed by atoms with E-state index in [0.29, 0.717) is 28.4 Å². The summed E-state index contributed by atoms with van der Waals surface area (Å²) in [5, 5.41) is 38.2. The lowest BCUT2D eigenvalue weighted by molar-refractivity contribution is -0.117. The molecule has 182 valence electrons. The average molecular weight is 473 g/mol. The van der Waals surface area contributed by atoms with Gasteiger partial charge in [0.1, 0.15) is 18.3 Å².